The summed E-state index contributed by atoms with van der Waals surface area (Å²) in [5.41, 5.74) is 2.78. The van der Waals surface area contributed by atoms with Crippen LogP contribution in [0, 0.1) is 28.4 Å². The number of ether oxygens (including phenoxy) is 1. The molecule has 0 bridgehead atoms. The first-order valence-electron chi connectivity index (χ1n) is 10.6. The van der Waals surface area contributed by atoms with Gasteiger partial charge in [0.1, 0.15) is 23.4 Å². The van der Waals surface area contributed by atoms with Gasteiger partial charge in [-0.2, -0.15) is 5.26 Å². The molecule has 0 radical (unpaired) electrons. The van der Waals surface area contributed by atoms with Crippen molar-refractivity contribution >= 4 is 27.7 Å². The molecule has 0 fully saturated rings. The average Bonchev–Trinajstić information content (AvgIpc) is 3.23. The van der Waals surface area contributed by atoms with E-state index in [1.807, 2.05) is 66.1 Å². The van der Waals surface area contributed by atoms with Crippen LogP contribution >= 0.6 is 27.7 Å². The van der Waals surface area contributed by atoms with Crippen molar-refractivity contribution in [3.05, 3.63) is 110 Å². The van der Waals surface area contributed by atoms with Crippen molar-refractivity contribution in [1.82, 2.24) is 14.8 Å². The predicted octanol–water partition coefficient (Wildman–Crippen LogP) is 5.90. The summed E-state index contributed by atoms with van der Waals surface area (Å²) in [4.78, 5) is 11.3. The molecule has 4 aromatic rings. The zero-order chi connectivity index (χ0) is 24.8. The minimum absolute atomic E-state index is 0.160. The first kappa shape index (κ1) is 24.4. The number of halogens is 1. The van der Waals surface area contributed by atoms with Crippen LogP contribution < -0.4 is 4.74 Å². The van der Waals surface area contributed by atoms with Gasteiger partial charge in [0.25, 0.3) is 0 Å². The molecule has 1 atom stereocenters. The first-order valence-corrected chi connectivity index (χ1v) is 12.3. The summed E-state index contributed by atoms with van der Waals surface area (Å²) in [5, 5.41) is 29.5. The number of rotatable bonds is 9. The number of aromatic nitrogens is 3. The topological polar surface area (TPSA) is 107 Å². The zero-order valence-corrected chi connectivity index (χ0v) is 21.1. The lowest BCUT2D eigenvalue weighted by Gasteiger charge is -2.18. The van der Waals surface area contributed by atoms with E-state index in [-0.39, 0.29) is 18.1 Å². The van der Waals surface area contributed by atoms with Crippen molar-refractivity contribution in [1.29, 1.82) is 5.26 Å². The largest absolute Gasteiger partial charge is 0.489 e. The Labute approximate surface area is 214 Å². The average molecular weight is 550 g/mol. The van der Waals surface area contributed by atoms with Gasteiger partial charge < -0.3 is 4.74 Å². The van der Waals surface area contributed by atoms with E-state index in [9.17, 15) is 15.4 Å². The van der Waals surface area contributed by atoms with Crippen molar-refractivity contribution in [2.24, 2.45) is 0 Å². The summed E-state index contributed by atoms with van der Waals surface area (Å²) in [6, 6.07) is 24.4. The fourth-order valence-electron chi connectivity index (χ4n) is 3.57. The lowest BCUT2D eigenvalue weighted by molar-refractivity contribution is -0.479. The lowest BCUT2D eigenvalue weighted by Crippen LogP contribution is -2.13. The summed E-state index contributed by atoms with van der Waals surface area (Å²) in [7, 11) is 0. The Hall–Kier alpha value is -3.68. The second-order valence-corrected chi connectivity index (χ2v) is 9.65. The number of para-hydroxylation sites is 1. The number of aryl methyl sites for hydroxylation is 1. The Kier molecular flexibility index (Phi) is 7.80. The molecule has 1 aromatic heterocycles. The van der Waals surface area contributed by atoms with E-state index < -0.39 is 5.25 Å². The minimum atomic E-state index is -0.602. The Balaban J connectivity index is 1.69. The normalized spacial score (nSPS) is 11.6. The number of nitriles is 1. The van der Waals surface area contributed by atoms with E-state index in [2.05, 4.69) is 32.2 Å². The van der Waals surface area contributed by atoms with Crippen LogP contribution in [0.3, 0.4) is 0 Å². The summed E-state index contributed by atoms with van der Waals surface area (Å²) in [5.74, 6) is 1.18. The quantitative estimate of drug-likeness (QED) is 0.145. The summed E-state index contributed by atoms with van der Waals surface area (Å²) >= 11 is 4.74. The molecule has 0 N–H and O–H groups in total. The van der Waals surface area contributed by atoms with Gasteiger partial charge in [-0.05, 0) is 43.3 Å². The molecule has 1 heterocycles. The fraction of sp³-hybridized carbons (Fsp3) is 0.160. The number of hydrogen-bond donors (Lipinski definition) is 0. The Morgan fingerprint density at radius 3 is 2.63 bits per heavy atom. The number of nitrogens with zero attached hydrogens (tertiary/aromatic N) is 5. The smallest absolute Gasteiger partial charge is 0.220 e. The fourth-order valence-corrected chi connectivity index (χ4v) is 5.14. The third-order valence-corrected chi connectivity index (χ3v) is 6.87. The molecule has 8 nitrogen and oxygen atoms in total. The van der Waals surface area contributed by atoms with Crippen molar-refractivity contribution in [2.45, 2.75) is 23.9 Å². The molecule has 0 amide bonds. The monoisotopic (exact) mass is 549 g/mol. The van der Waals surface area contributed by atoms with Gasteiger partial charge in [-0.1, -0.05) is 64.1 Å². The molecule has 0 unspecified atom stereocenters. The van der Waals surface area contributed by atoms with Gasteiger partial charge in [-0.25, -0.2) is 0 Å². The van der Waals surface area contributed by atoms with E-state index in [4.69, 9.17) is 4.74 Å². The highest BCUT2D eigenvalue weighted by molar-refractivity contribution is 9.10. The SMILES string of the molecule is Cc1nnc(S[C@H](C[N+](=O)[O-])c2cc(Br)ccc2OCc2ccccc2C#N)n1-c1ccccc1. The summed E-state index contributed by atoms with van der Waals surface area (Å²) < 4.78 is 8.73. The Bertz CT molecular complexity index is 1390. The molecule has 176 valence electrons. The highest BCUT2D eigenvalue weighted by Crippen LogP contribution is 2.41. The van der Waals surface area contributed by atoms with Crippen LogP contribution in [0.1, 0.15) is 27.8 Å². The van der Waals surface area contributed by atoms with Crippen LogP contribution in [0.5, 0.6) is 5.75 Å². The molecule has 0 aliphatic rings. The van der Waals surface area contributed by atoms with Gasteiger partial charge in [0.05, 0.1) is 11.6 Å². The van der Waals surface area contributed by atoms with Gasteiger partial charge in [0.2, 0.25) is 6.54 Å². The second kappa shape index (κ2) is 11.2. The van der Waals surface area contributed by atoms with Crippen LogP contribution in [-0.4, -0.2) is 26.2 Å². The van der Waals surface area contributed by atoms with Crippen LogP contribution in [0.4, 0.5) is 0 Å². The van der Waals surface area contributed by atoms with Gasteiger partial charge in [-0.15, -0.1) is 10.2 Å². The lowest BCUT2D eigenvalue weighted by atomic mass is 10.1. The van der Waals surface area contributed by atoms with Crippen molar-refractivity contribution < 1.29 is 9.66 Å². The molecule has 10 heteroatoms. The zero-order valence-electron chi connectivity index (χ0n) is 18.7. The molecule has 3 aromatic carbocycles. The van der Waals surface area contributed by atoms with Crippen LogP contribution in [0.2, 0.25) is 0 Å². The summed E-state index contributed by atoms with van der Waals surface area (Å²) in [6.07, 6.45) is 0. The van der Waals surface area contributed by atoms with Gasteiger partial charge in [0.15, 0.2) is 5.16 Å². The summed E-state index contributed by atoms with van der Waals surface area (Å²) in [6.45, 7) is 1.66. The maximum atomic E-state index is 11.7. The first-order chi connectivity index (χ1) is 17.0. The van der Waals surface area contributed by atoms with Crippen molar-refractivity contribution in [2.75, 3.05) is 6.54 Å². The van der Waals surface area contributed by atoms with E-state index in [1.165, 1.54) is 11.8 Å². The number of hydrogen-bond acceptors (Lipinski definition) is 7. The molecular weight excluding hydrogens is 530 g/mol. The third kappa shape index (κ3) is 5.88. The van der Waals surface area contributed by atoms with Gasteiger partial charge in [0, 0.05) is 26.2 Å². The van der Waals surface area contributed by atoms with Crippen LogP contribution in [-0.2, 0) is 6.61 Å². The molecule has 0 saturated heterocycles. The van der Waals surface area contributed by atoms with E-state index in [0.717, 1.165) is 15.7 Å². The second-order valence-electron chi connectivity index (χ2n) is 7.56. The molecule has 0 aliphatic heterocycles. The highest BCUT2D eigenvalue weighted by atomic mass is 79.9. The number of nitro groups is 1. The highest BCUT2D eigenvalue weighted by Gasteiger charge is 2.27. The minimum Gasteiger partial charge on any atom is -0.489 e. The van der Waals surface area contributed by atoms with Crippen molar-refractivity contribution in [3.8, 4) is 17.5 Å². The number of benzene rings is 3. The molecule has 0 aliphatic carbocycles. The predicted molar refractivity (Wildman–Crippen MR) is 136 cm³/mol. The van der Waals surface area contributed by atoms with E-state index >= 15 is 0 Å². The molecular formula is C25H20BrN5O3S. The Morgan fingerprint density at radius 2 is 1.89 bits per heavy atom. The van der Waals surface area contributed by atoms with Gasteiger partial charge in [-0.3, -0.25) is 14.7 Å². The molecule has 35 heavy (non-hydrogen) atoms. The molecule has 0 spiro atoms. The molecule has 0 saturated carbocycles. The maximum absolute atomic E-state index is 11.7. The van der Waals surface area contributed by atoms with Crippen molar-refractivity contribution in [3.63, 3.8) is 0 Å². The van der Waals surface area contributed by atoms with E-state index in [1.54, 1.807) is 18.2 Å². The third-order valence-electron chi connectivity index (χ3n) is 5.21. The van der Waals surface area contributed by atoms with Gasteiger partial charge >= 0.3 is 0 Å². The number of thioether (sulfide) groups is 1. The van der Waals surface area contributed by atoms with E-state index in [0.29, 0.717) is 27.9 Å². The standard InChI is InChI=1S/C25H20BrN5O3S/c1-17-28-29-25(31(17)21-9-3-2-4-10-21)35-24(15-30(32)33)22-13-20(26)11-12-23(22)34-16-19-8-6-5-7-18(19)14-27/h2-13,24H,15-16H2,1H3/t24-/m1/s1. The Morgan fingerprint density at radius 1 is 1.14 bits per heavy atom. The van der Waals surface area contributed by atoms with Crippen LogP contribution in [0.25, 0.3) is 5.69 Å². The molecule has 4 rings (SSSR count). The maximum Gasteiger partial charge on any atom is 0.220 e. The van der Waals surface area contributed by atoms with Crippen LogP contribution in [0.15, 0.2) is 82.4 Å².